The standard InChI is InChI=1S/C19H23N5O3S/c25-17(20-8-7-13-10-21-16-6-2-1-5-15(13)16)12-28-19-23-22-18(26)24(19)11-14-4-3-9-27-14/h1-2,5-6,10,14,21H,3-4,7-9,11-12H2,(H,20,25)(H,22,26)/t14-/m0/s1. The van der Waals surface area contributed by atoms with Gasteiger partial charge in [0, 0.05) is 30.3 Å². The molecule has 1 aliphatic rings. The van der Waals surface area contributed by atoms with Crippen LogP contribution in [0, 0.1) is 0 Å². The van der Waals surface area contributed by atoms with Crippen LogP contribution in [0.4, 0.5) is 0 Å². The Morgan fingerprint density at radius 3 is 3.14 bits per heavy atom. The third-order valence-electron chi connectivity index (χ3n) is 4.86. The van der Waals surface area contributed by atoms with Crippen LogP contribution >= 0.6 is 11.8 Å². The largest absolute Gasteiger partial charge is 0.376 e. The molecule has 28 heavy (non-hydrogen) atoms. The summed E-state index contributed by atoms with van der Waals surface area (Å²) in [5.41, 5.74) is 2.01. The molecule has 1 atom stereocenters. The van der Waals surface area contributed by atoms with E-state index in [2.05, 4.69) is 26.6 Å². The van der Waals surface area contributed by atoms with Gasteiger partial charge in [0.05, 0.1) is 18.4 Å². The molecule has 0 unspecified atom stereocenters. The summed E-state index contributed by atoms with van der Waals surface area (Å²) in [4.78, 5) is 27.4. The molecule has 1 aliphatic heterocycles. The Morgan fingerprint density at radius 2 is 2.29 bits per heavy atom. The van der Waals surface area contributed by atoms with E-state index in [1.807, 2.05) is 24.4 Å². The van der Waals surface area contributed by atoms with Crippen LogP contribution in [0.25, 0.3) is 10.9 Å². The molecule has 0 bridgehead atoms. The van der Waals surface area contributed by atoms with Gasteiger partial charge in [-0.2, -0.15) is 0 Å². The molecule has 1 saturated heterocycles. The topological polar surface area (TPSA) is 105 Å². The van der Waals surface area contributed by atoms with Crippen LogP contribution in [-0.2, 0) is 22.5 Å². The summed E-state index contributed by atoms with van der Waals surface area (Å²) in [6.07, 6.45) is 4.74. The van der Waals surface area contributed by atoms with Gasteiger partial charge in [0.15, 0.2) is 5.16 Å². The van der Waals surface area contributed by atoms with Gasteiger partial charge in [-0.15, -0.1) is 5.10 Å². The minimum absolute atomic E-state index is 0.0413. The van der Waals surface area contributed by atoms with Crippen molar-refractivity contribution in [1.82, 2.24) is 25.1 Å². The monoisotopic (exact) mass is 401 g/mol. The third-order valence-corrected chi connectivity index (χ3v) is 5.83. The molecule has 4 rings (SSSR count). The number of hydrogen-bond acceptors (Lipinski definition) is 5. The first kappa shape index (κ1) is 18.8. The van der Waals surface area contributed by atoms with Crippen molar-refractivity contribution in [2.75, 3.05) is 18.9 Å². The molecule has 0 aliphatic carbocycles. The molecule has 3 N–H and O–H groups in total. The number of benzene rings is 1. The van der Waals surface area contributed by atoms with Crippen molar-refractivity contribution < 1.29 is 9.53 Å². The van der Waals surface area contributed by atoms with Gasteiger partial charge < -0.3 is 15.0 Å². The van der Waals surface area contributed by atoms with Gasteiger partial charge >= 0.3 is 5.69 Å². The quantitative estimate of drug-likeness (QED) is 0.498. The highest BCUT2D eigenvalue weighted by Crippen LogP contribution is 2.19. The number of fused-ring (bicyclic) bond motifs is 1. The van der Waals surface area contributed by atoms with Crippen molar-refractivity contribution in [1.29, 1.82) is 0 Å². The van der Waals surface area contributed by atoms with E-state index in [0.717, 1.165) is 31.4 Å². The van der Waals surface area contributed by atoms with Gasteiger partial charge in [-0.1, -0.05) is 30.0 Å². The number of nitrogens with one attached hydrogen (secondary N) is 3. The lowest BCUT2D eigenvalue weighted by Gasteiger charge is -2.11. The second-order valence-corrected chi connectivity index (χ2v) is 7.75. The summed E-state index contributed by atoms with van der Waals surface area (Å²) >= 11 is 1.26. The maximum Gasteiger partial charge on any atom is 0.344 e. The maximum atomic E-state index is 12.2. The molecular formula is C19H23N5O3S. The fourth-order valence-electron chi connectivity index (χ4n) is 3.42. The fourth-order valence-corrected chi connectivity index (χ4v) is 4.21. The number of aromatic nitrogens is 4. The van der Waals surface area contributed by atoms with E-state index in [-0.39, 0.29) is 23.5 Å². The number of amides is 1. The van der Waals surface area contributed by atoms with Crippen LogP contribution < -0.4 is 11.0 Å². The van der Waals surface area contributed by atoms with Gasteiger partial charge in [-0.3, -0.25) is 9.36 Å². The van der Waals surface area contributed by atoms with Crippen molar-refractivity contribution in [3.05, 3.63) is 46.5 Å². The molecule has 2 aromatic heterocycles. The molecule has 0 saturated carbocycles. The molecule has 1 aromatic carbocycles. The summed E-state index contributed by atoms with van der Waals surface area (Å²) in [6, 6.07) is 8.11. The molecule has 3 heterocycles. The number of carbonyl (C=O) groups is 1. The summed E-state index contributed by atoms with van der Waals surface area (Å²) in [7, 11) is 0. The Bertz CT molecular complexity index is 1000. The summed E-state index contributed by atoms with van der Waals surface area (Å²) in [5.74, 6) is 0.132. The first-order valence-electron chi connectivity index (χ1n) is 9.42. The molecule has 8 nitrogen and oxygen atoms in total. The number of ether oxygens (including phenoxy) is 1. The number of rotatable bonds is 8. The lowest BCUT2D eigenvalue weighted by molar-refractivity contribution is -0.118. The van der Waals surface area contributed by atoms with E-state index in [9.17, 15) is 9.59 Å². The zero-order valence-corrected chi connectivity index (χ0v) is 16.3. The van der Waals surface area contributed by atoms with Gasteiger partial charge in [0.1, 0.15) is 0 Å². The highest BCUT2D eigenvalue weighted by molar-refractivity contribution is 7.99. The van der Waals surface area contributed by atoms with Gasteiger partial charge in [-0.05, 0) is 30.9 Å². The number of H-pyrrole nitrogens is 2. The number of hydrogen-bond donors (Lipinski definition) is 3. The van der Waals surface area contributed by atoms with Crippen LogP contribution in [0.1, 0.15) is 18.4 Å². The zero-order valence-electron chi connectivity index (χ0n) is 15.4. The number of nitrogens with zero attached hydrogens (tertiary/aromatic N) is 2. The molecule has 1 fully saturated rings. The van der Waals surface area contributed by atoms with E-state index in [1.54, 1.807) is 4.57 Å². The number of thioether (sulfide) groups is 1. The average molecular weight is 401 g/mol. The smallest absolute Gasteiger partial charge is 0.344 e. The lowest BCUT2D eigenvalue weighted by atomic mass is 10.1. The zero-order chi connectivity index (χ0) is 19.3. The molecule has 3 aromatic rings. The Morgan fingerprint density at radius 1 is 1.39 bits per heavy atom. The summed E-state index contributed by atoms with van der Waals surface area (Å²) < 4.78 is 7.14. The normalized spacial score (nSPS) is 16.6. The minimum Gasteiger partial charge on any atom is -0.376 e. The minimum atomic E-state index is -0.266. The van der Waals surface area contributed by atoms with Crippen LogP contribution in [0.15, 0.2) is 40.4 Å². The Labute approximate surface area is 166 Å². The van der Waals surface area contributed by atoms with Gasteiger partial charge in [0.25, 0.3) is 0 Å². The molecule has 9 heteroatoms. The van der Waals surface area contributed by atoms with Crippen molar-refractivity contribution in [3.63, 3.8) is 0 Å². The van der Waals surface area contributed by atoms with E-state index in [1.165, 1.54) is 22.7 Å². The second kappa shape index (κ2) is 8.66. The van der Waals surface area contributed by atoms with E-state index < -0.39 is 0 Å². The van der Waals surface area contributed by atoms with E-state index >= 15 is 0 Å². The molecule has 0 radical (unpaired) electrons. The molecule has 0 spiro atoms. The van der Waals surface area contributed by atoms with Crippen molar-refractivity contribution in [3.8, 4) is 0 Å². The Hall–Kier alpha value is -2.52. The highest BCUT2D eigenvalue weighted by atomic mass is 32.2. The summed E-state index contributed by atoms with van der Waals surface area (Å²) in [6.45, 7) is 1.77. The van der Waals surface area contributed by atoms with Gasteiger partial charge in [-0.25, -0.2) is 9.89 Å². The second-order valence-electron chi connectivity index (χ2n) is 6.81. The van der Waals surface area contributed by atoms with Crippen LogP contribution in [-0.4, -0.2) is 50.7 Å². The number of carbonyl (C=O) groups excluding carboxylic acids is 1. The highest BCUT2D eigenvalue weighted by Gasteiger charge is 2.20. The molecule has 1 amide bonds. The van der Waals surface area contributed by atoms with Crippen LogP contribution in [0.5, 0.6) is 0 Å². The number of para-hydroxylation sites is 1. The summed E-state index contributed by atoms with van der Waals surface area (Å²) in [5, 5.41) is 11.1. The first-order chi connectivity index (χ1) is 13.7. The number of aromatic amines is 2. The Kier molecular flexibility index (Phi) is 5.82. The van der Waals surface area contributed by atoms with Crippen LogP contribution in [0.2, 0.25) is 0 Å². The average Bonchev–Trinajstić information content (AvgIpc) is 3.43. The maximum absolute atomic E-state index is 12.2. The Balaban J connectivity index is 1.26. The fraction of sp³-hybridized carbons (Fsp3) is 0.421. The molecular weight excluding hydrogens is 378 g/mol. The first-order valence-corrected chi connectivity index (χ1v) is 10.4. The third kappa shape index (κ3) is 4.31. The lowest BCUT2D eigenvalue weighted by Crippen LogP contribution is -2.28. The van der Waals surface area contributed by atoms with Crippen LogP contribution in [0.3, 0.4) is 0 Å². The van der Waals surface area contributed by atoms with Gasteiger partial charge in [0.2, 0.25) is 5.91 Å². The van der Waals surface area contributed by atoms with Crippen molar-refractivity contribution >= 4 is 28.6 Å². The molecule has 148 valence electrons. The predicted octanol–water partition coefficient (Wildman–Crippen LogP) is 1.68. The predicted molar refractivity (Wildman–Crippen MR) is 108 cm³/mol. The van der Waals surface area contributed by atoms with E-state index in [0.29, 0.717) is 18.2 Å². The van der Waals surface area contributed by atoms with Crippen molar-refractivity contribution in [2.24, 2.45) is 0 Å². The van der Waals surface area contributed by atoms with Crippen molar-refractivity contribution in [2.45, 2.75) is 37.1 Å². The SMILES string of the molecule is O=C(CSc1n[nH]c(=O)n1C[C@@H]1CCCO1)NCCc1c[nH]c2ccccc12. The van der Waals surface area contributed by atoms with E-state index in [4.69, 9.17) is 4.74 Å².